The van der Waals surface area contributed by atoms with Gasteiger partial charge in [0.05, 0.1) is 28.9 Å². The SMILES string of the molecule is CN=C(N)c1cc(C)c2nc(-c3c(NCC(C)c4ccc(OC)c(Cl)c4)cc[nH]c3=O)[nH]c2c1. The Labute approximate surface area is 202 Å². The summed E-state index contributed by atoms with van der Waals surface area (Å²) in [6, 6.07) is 11.4. The van der Waals surface area contributed by atoms with E-state index >= 15 is 0 Å². The molecule has 176 valence electrons. The van der Waals surface area contributed by atoms with Crippen LogP contribution in [0, 0.1) is 6.92 Å². The molecule has 0 radical (unpaired) electrons. The van der Waals surface area contributed by atoms with Crippen LogP contribution in [-0.2, 0) is 0 Å². The van der Waals surface area contributed by atoms with Gasteiger partial charge < -0.3 is 25.8 Å². The van der Waals surface area contributed by atoms with E-state index in [0.717, 1.165) is 27.7 Å². The number of aromatic nitrogens is 3. The predicted molar refractivity (Wildman–Crippen MR) is 138 cm³/mol. The number of imidazole rings is 1. The molecule has 0 bridgehead atoms. The number of hydrogen-bond acceptors (Lipinski definition) is 5. The van der Waals surface area contributed by atoms with Crippen LogP contribution in [0.1, 0.15) is 29.5 Å². The molecule has 9 heteroatoms. The van der Waals surface area contributed by atoms with E-state index in [2.05, 4.69) is 27.2 Å². The Hall–Kier alpha value is -3.78. The van der Waals surface area contributed by atoms with Gasteiger partial charge in [-0.05, 0) is 54.3 Å². The van der Waals surface area contributed by atoms with Gasteiger partial charge >= 0.3 is 0 Å². The number of fused-ring (bicyclic) bond motifs is 1. The van der Waals surface area contributed by atoms with Crippen molar-refractivity contribution in [2.45, 2.75) is 19.8 Å². The van der Waals surface area contributed by atoms with Gasteiger partial charge in [-0.2, -0.15) is 0 Å². The zero-order valence-electron chi connectivity index (χ0n) is 19.5. The molecule has 8 nitrogen and oxygen atoms in total. The van der Waals surface area contributed by atoms with Crippen molar-refractivity contribution in [1.29, 1.82) is 0 Å². The second kappa shape index (κ2) is 9.61. The molecule has 5 N–H and O–H groups in total. The summed E-state index contributed by atoms with van der Waals surface area (Å²) in [5, 5.41) is 3.97. The number of ether oxygens (including phenoxy) is 1. The molecule has 0 amide bonds. The highest BCUT2D eigenvalue weighted by molar-refractivity contribution is 6.32. The van der Waals surface area contributed by atoms with E-state index in [1.807, 2.05) is 43.3 Å². The number of aryl methyl sites for hydroxylation is 1. The maximum atomic E-state index is 12.8. The van der Waals surface area contributed by atoms with Crippen molar-refractivity contribution in [3.8, 4) is 17.1 Å². The number of H-pyrrole nitrogens is 2. The molecule has 0 spiro atoms. The first kappa shape index (κ1) is 23.4. The van der Waals surface area contributed by atoms with E-state index < -0.39 is 0 Å². The topological polar surface area (TPSA) is 121 Å². The number of nitrogens with two attached hydrogens (primary N) is 1. The number of methoxy groups -OCH3 is 1. The number of hydrogen-bond donors (Lipinski definition) is 4. The van der Waals surface area contributed by atoms with Gasteiger partial charge in [-0.1, -0.05) is 24.6 Å². The molecule has 0 saturated heterocycles. The number of pyridine rings is 1. The van der Waals surface area contributed by atoms with Gasteiger partial charge in [0.25, 0.3) is 5.56 Å². The van der Waals surface area contributed by atoms with E-state index in [9.17, 15) is 4.79 Å². The van der Waals surface area contributed by atoms with Gasteiger partial charge in [0.2, 0.25) is 0 Å². The Morgan fingerprint density at radius 3 is 2.79 bits per heavy atom. The second-order valence-corrected chi connectivity index (χ2v) is 8.56. The summed E-state index contributed by atoms with van der Waals surface area (Å²) in [5.74, 6) is 1.69. The molecule has 34 heavy (non-hydrogen) atoms. The van der Waals surface area contributed by atoms with Crippen LogP contribution in [-0.4, -0.2) is 41.5 Å². The fraction of sp³-hybridized carbons (Fsp3) is 0.240. The van der Waals surface area contributed by atoms with Crippen molar-refractivity contribution < 1.29 is 4.74 Å². The Bertz CT molecular complexity index is 1440. The average Bonchev–Trinajstić information content (AvgIpc) is 3.26. The second-order valence-electron chi connectivity index (χ2n) is 8.15. The van der Waals surface area contributed by atoms with E-state index in [1.54, 1.807) is 20.4 Å². The fourth-order valence-corrected chi connectivity index (χ4v) is 4.18. The van der Waals surface area contributed by atoms with Crippen LogP contribution in [0.3, 0.4) is 0 Å². The molecule has 4 rings (SSSR count). The predicted octanol–water partition coefficient (Wildman–Crippen LogP) is 4.44. The summed E-state index contributed by atoms with van der Waals surface area (Å²) in [4.78, 5) is 27.6. The molecule has 2 aromatic carbocycles. The minimum Gasteiger partial charge on any atom is -0.495 e. The highest BCUT2D eigenvalue weighted by atomic mass is 35.5. The van der Waals surface area contributed by atoms with E-state index in [0.29, 0.717) is 40.2 Å². The molecule has 1 unspecified atom stereocenters. The molecule has 1 atom stereocenters. The molecule has 0 fully saturated rings. The number of rotatable bonds is 7. The first-order valence-corrected chi connectivity index (χ1v) is 11.2. The number of amidine groups is 1. The maximum absolute atomic E-state index is 12.8. The summed E-state index contributed by atoms with van der Waals surface area (Å²) in [6.45, 7) is 4.63. The van der Waals surface area contributed by atoms with Crippen molar-refractivity contribution in [3.05, 3.63) is 74.7 Å². The van der Waals surface area contributed by atoms with Crippen LogP contribution < -0.4 is 21.3 Å². The first-order chi connectivity index (χ1) is 16.3. The molecular weight excluding hydrogens is 452 g/mol. The maximum Gasteiger partial charge on any atom is 0.261 e. The highest BCUT2D eigenvalue weighted by Gasteiger charge is 2.17. The lowest BCUT2D eigenvalue weighted by atomic mass is 10.0. The smallest absolute Gasteiger partial charge is 0.261 e. The zero-order valence-corrected chi connectivity index (χ0v) is 20.2. The Kier molecular flexibility index (Phi) is 6.61. The molecule has 0 aliphatic heterocycles. The zero-order chi connectivity index (χ0) is 24.4. The molecular formula is C25H27ClN6O2. The third kappa shape index (κ3) is 4.49. The van der Waals surface area contributed by atoms with E-state index in [-0.39, 0.29) is 11.5 Å². The number of nitrogens with zero attached hydrogens (tertiary/aromatic N) is 2. The number of benzene rings is 2. The summed E-state index contributed by atoms with van der Waals surface area (Å²) in [5.41, 5.74) is 11.2. The van der Waals surface area contributed by atoms with Crippen molar-refractivity contribution in [1.82, 2.24) is 15.0 Å². The van der Waals surface area contributed by atoms with Crippen molar-refractivity contribution in [2.75, 3.05) is 26.0 Å². The minimum absolute atomic E-state index is 0.132. The van der Waals surface area contributed by atoms with E-state index in [4.69, 9.17) is 27.1 Å². The monoisotopic (exact) mass is 478 g/mol. The Morgan fingerprint density at radius 1 is 1.29 bits per heavy atom. The molecule has 0 aliphatic rings. The van der Waals surface area contributed by atoms with Crippen LogP contribution in [0.2, 0.25) is 5.02 Å². The highest BCUT2D eigenvalue weighted by Crippen LogP contribution is 2.30. The van der Waals surface area contributed by atoms with Gasteiger partial charge in [-0.25, -0.2) is 4.98 Å². The fourth-order valence-electron chi connectivity index (χ4n) is 3.92. The number of aromatic amines is 2. The lowest BCUT2D eigenvalue weighted by Gasteiger charge is -2.16. The lowest BCUT2D eigenvalue weighted by Crippen LogP contribution is -2.16. The quantitative estimate of drug-likeness (QED) is 0.231. The van der Waals surface area contributed by atoms with Gasteiger partial charge in [0.1, 0.15) is 23.0 Å². The number of anilines is 1. The summed E-state index contributed by atoms with van der Waals surface area (Å²) >= 11 is 6.29. The van der Waals surface area contributed by atoms with Crippen LogP contribution in [0.15, 0.2) is 52.4 Å². The number of nitrogens with one attached hydrogen (secondary N) is 3. The van der Waals surface area contributed by atoms with Gasteiger partial charge in [-0.15, -0.1) is 0 Å². The van der Waals surface area contributed by atoms with Crippen molar-refractivity contribution in [3.63, 3.8) is 0 Å². The summed E-state index contributed by atoms with van der Waals surface area (Å²) in [7, 11) is 3.24. The largest absolute Gasteiger partial charge is 0.495 e. The molecule has 2 heterocycles. The van der Waals surface area contributed by atoms with Crippen molar-refractivity contribution in [2.24, 2.45) is 10.7 Å². The standard InChI is InChI=1S/C25H27ClN6O2/c1-13-9-16(23(27)28-3)11-19-22(13)32-24(31-19)21-18(7-8-29-25(21)33)30-12-14(2)15-5-6-20(34-4)17(26)10-15/h5-11,14H,12H2,1-4H3,(H2,27,28)(H,31,32)(H2,29,30,33). The minimum atomic E-state index is -0.239. The molecule has 2 aromatic heterocycles. The molecule has 0 saturated carbocycles. The molecule has 0 aliphatic carbocycles. The van der Waals surface area contributed by atoms with Gasteiger partial charge in [0, 0.05) is 25.4 Å². The summed E-state index contributed by atoms with van der Waals surface area (Å²) in [6.07, 6.45) is 1.62. The third-order valence-electron chi connectivity index (χ3n) is 5.86. The van der Waals surface area contributed by atoms with Crippen molar-refractivity contribution >= 4 is 34.2 Å². The van der Waals surface area contributed by atoms with Crippen LogP contribution in [0.5, 0.6) is 5.75 Å². The van der Waals surface area contributed by atoms with Gasteiger partial charge in [-0.3, -0.25) is 9.79 Å². The first-order valence-electron chi connectivity index (χ1n) is 10.8. The molecule has 4 aromatic rings. The Morgan fingerprint density at radius 2 is 2.09 bits per heavy atom. The number of aliphatic imine (C=N–C) groups is 1. The van der Waals surface area contributed by atoms with E-state index in [1.165, 1.54) is 0 Å². The Balaban J connectivity index is 1.66. The van der Waals surface area contributed by atoms with Gasteiger partial charge in [0.15, 0.2) is 0 Å². The third-order valence-corrected chi connectivity index (χ3v) is 6.15. The number of halogens is 1. The average molecular weight is 479 g/mol. The van der Waals surface area contributed by atoms with Crippen LogP contribution >= 0.6 is 11.6 Å². The van der Waals surface area contributed by atoms with Crippen LogP contribution in [0.25, 0.3) is 22.4 Å². The normalized spacial score (nSPS) is 12.7. The summed E-state index contributed by atoms with van der Waals surface area (Å²) < 4.78 is 5.24. The van der Waals surface area contributed by atoms with Crippen LogP contribution in [0.4, 0.5) is 5.69 Å². The lowest BCUT2D eigenvalue weighted by molar-refractivity contribution is 0.415.